The maximum atomic E-state index is 13.0. The first-order valence-electron chi connectivity index (χ1n) is 12.6. The number of rotatable bonds is 15. The molecule has 1 aromatic carbocycles. The normalized spacial score (nSPS) is 15.1. The van der Waals surface area contributed by atoms with E-state index in [4.69, 9.17) is 10.8 Å². The monoisotopic (exact) mass is 547 g/mol. The lowest BCUT2D eigenvalue weighted by atomic mass is 10.0. The molecule has 13 nitrogen and oxygen atoms in total. The number of fused-ring (bicyclic) bond motifs is 1. The number of carboxylic acids is 2. The number of aromatic nitrogens is 1. The van der Waals surface area contributed by atoms with Crippen LogP contribution in [0.2, 0.25) is 0 Å². The zero-order valence-corrected chi connectivity index (χ0v) is 22.1. The molecule has 0 bridgehead atoms. The fourth-order valence-electron chi connectivity index (χ4n) is 4.06. The number of H-pyrrole nitrogens is 1. The standard InChI is InChI=1S/C26H37N5O8/c1-13(2)10-20(26(38)39)30-24(36)19(8-9-21(33)34)29-25(37)22(14(3)32)31-23(35)17(27)11-15-12-28-18-7-5-4-6-16(15)18/h4-7,12-14,17,19-20,22,28,32H,8-11,27H2,1-3H3,(H,29,37)(H,30,36)(H,31,35)(H,33,34)(H,38,39). The summed E-state index contributed by atoms with van der Waals surface area (Å²) in [6.07, 6.45) is -0.263. The van der Waals surface area contributed by atoms with Crippen LogP contribution in [0.1, 0.15) is 45.6 Å². The molecule has 0 fully saturated rings. The van der Waals surface area contributed by atoms with Crippen molar-refractivity contribution in [3.8, 4) is 0 Å². The lowest BCUT2D eigenvalue weighted by Gasteiger charge is -2.26. The number of aliphatic carboxylic acids is 2. The molecule has 0 aliphatic carbocycles. The Morgan fingerprint density at radius 2 is 1.56 bits per heavy atom. The smallest absolute Gasteiger partial charge is 0.326 e. The molecule has 1 heterocycles. The maximum Gasteiger partial charge on any atom is 0.326 e. The molecule has 0 spiro atoms. The van der Waals surface area contributed by atoms with Crippen LogP contribution in [0.3, 0.4) is 0 Å². The fourth-order valence-corrected chi connectivity index (χ4v) is 4.06. The third-order valence-electron chi connectivity index (χ3n) is 6.12. The van der Waals surface area contributed by atoms with E-state index in [9.17, 15) is 34.2 Å². The van der Waals surface area contributed by atoms with E-state index in [-0.39, 0.29) is 25.2 Å². The van der Waals surface area contributed by atoms with Crippen molar-refractivity contribution in [1.29, 1.82) is 0 Å². The van der Waals surface area contributed by atoms with Gasteiger partial charge in [0, 0.05) is 23.5 Å². The number of hydrogen-bond donors (Lipinski definition) is 8. The molecule has 214 valence electrons. The highest BCUT2D eigenvalue weighted by atomic mass is 16.4. The van der Waals surface area contributed by atoms with Gasteiger partial charge in [-0.3, -0.25) is 19.2 Å². The van der Waals surface area contributed by atoms with Crippen LogP contribution in [-0.2, 0) is 30.4 Å². The first-order valence-corrected chi connectivity index (χ1v) is 12.6. The number of para-hydroxylation sites is 1. The molecule has 0 radical (unpaired) electrons. The maximum absolute atomic E-state index is 13.0. The van der Waals surface area contributed by atoms with Gasteiger partial charge in [-0.25, -0.2) is 4.79 Å². The van der Waals surface area contributed by atoms with E-state index in [1.54, 1.807) is 20.0 Å². The van der Waals surface area contributed by atoms with Gasteiger partial charge in [0.2, 0.25) is 17.7 Å². The minimum absolute atomic E-state index is 0.0678. The second-order valence-corrected chi connectivity index (χ2v) is 9.92. The third-order valence-corrected chi connectivity index (χ3v) is 6.12. The van der Waals surface area contributed by atoms with E-state index in [1.165, 1.54) is 6.92 Å². The first-order chi connectivity index (χ1) is 18.3. The first kappa shape index (κ1) is 31.2. The van der Waals surface area contributed by atoms with E-state index in [0.717, 1.165) is 16.5 Å². The Balaban J connectivity index is 2.12. The molecular weight excluding hydrogens is 510 g/mol. The molecule has 1 aromatic heterocycles. The van der Waals surface area contributed by atoms with Crippen molar-refractivity contribution in [3.63, 3.8) is 0 Å². The molecule has 5 unspecified atom stereocenters. The van der Waals surface area contributed by atoms with Gasteiger partial charge in [-0.05, 0) is 43.7 Å². The van der Waals surface area contributed by atoms with E-state index in [0.29, 0.717) is 0 Å². The van der Waals surface area contributed by atoms with Gasteiger partial charge in [-0.2, -0.15) is 0 Å². The summed E-state index contributed by atoms with van der Waals surface area (Å²) in [4.78, 5) is 64.4. The van der Waals surface area contributed by atoms with Gasteiger partial charge in [0.15, 0.2) is 0 Å². The van der Waals surface area contributed by atoms with Gasteiger partial charge in [-0.1, -0.05) is 32.0 Å². The van der Waals surface area contributed by atoms with Crippen molar-refractivity contribution < 1.29 is 39.3 Å². The number of carbonyl (C=O) groups is 5. The van der Waals surface area contributed by atoms with Crippen LogP contribution in [0.15, 0.2) is 30.5 Å². The summed E-state index contributed by atoms with van der Waals surface area (Å²) in [6, 6.07) is 2.17. The minimum atomic E-state index is -1.52. The summed E-state index contributed by atoms with van der Waals surface area (Å²) < 4.78 is 0. The second kappa shape index (κ2) is 14.3. The Morgan fingerprint density at radius 1 is 0.923 bits per heavy atom. The summed E-state index contributed by atoms with van der Waals surface area (Å²) >= 11 is 0. The van der Waals surface area contributed by atoms with Gasteiger partial charge in [0.1, 0.15) is 18.1 Å². The largest absolute Gasteiger partial charge is 0.481 e. The molecular formula is C26H37N5O8. The van der Waals surface area contributed by atoms with Crippen LogP contribution < -0.4 is 21.7 Å². The summed E-state index contributed by atoms with van der Waals surface area (Å²) in [6.45, 7) is 4.79. The van der Waals surface area contributed by atoms with Crippen molar-refractivity contribution in [1.82, 2.24) is 20.9 Å². The molecule has 0 aliphatic heterocycles. The van der Waals surface area contributed by atoms with Crippen molar-refractivity contribution in [2.75, 3.05) is 0 Å². The van der Waals surface area contributed by atoms with Gasteiger partial charge in [-0.15, -0.1) is 0 Å². The molecule has 2 rings (SSSR count). The molecule has 9 N–H and O–H groups in total. The molecule has 0 saturated carbocycles. The highest BCUT2D eigenvalue weighted by molar-refractivity contribution is 5.95. The Kier molecular flexibility index (Phi) is 11.4. The summed E-state index contributed by atoms with van der Waals surface area (Å²) in [7, 11) is 0. The number of nitrogens with one attached hydrogen (secondary N) is 4. The van der Waals surface area contributed by atoms with Gasteiger partial charge in [0.25, 0.3) is 0 Å². The zero-order valence-electron chi connectivity index (χ0n) is 22.1. The summed E-state index contributed by atoms with van der Waals surface area (Å²) in [5.74, 6) is -5.16. The van der Waals surface area contributed by atoms with Crippen LogP contribution in [0, 0.1) is 5.92 Å². The van der Waals surface area contributed by atoms with E-state index in [2.05, 4.69) is 20.9 Å². The zero-order chi connectivity index (χ0) is 29.3. The van der Waals surface area contributed by atoms with Crippen molar-refractivity contribution in [2.45, 2.75) is 76.7 Å². The van der Waals surface area contributed by atoms with Gasteiger partial charge >= 0.3 is 11.9 Å². The predicted molar refractivity (Wildman–Crippen MR) is 141 cm³/mol. The quantitative estimate of drug-likeness (QED) is 0.148. The average Bonchev–Trinajstić information content (AvgIpc) is 3.26. The topological polar surface area (TPSA) is 224 Å². The summed E-state index contributed by atoms with van der Waals surface area (Å²) in [5.41, 5.74) is 7.73. The number of aliphatic hydroxyl groups excluding tert-OH is 1. The van der Waals surface area contributed by atoms with Gasteiger partial charge in [0.05, 0.1) is 12.1 Å². The molecule has 39 heavy (non-hydrogen) atoms. The Hall–Kier alpha value is -3.97. The number of carboxylic acid groups (broad SMARTS) is 2. The SMILES string of the molecule is CC(C)CC(NC(=O)C(CCC(=O)O)NC(=O)C(NC(=O)C(N)Cc1c[nH]c2ccccc12)C(C)O)C(=O)O. The minimum Gasteiger partial charge on any atom is -0.481 e. The molecule has 2 aromatic rings. The Morgan fingerprint density at radius 3 is 2.15 bits per heavy atom. The number of aliphatic hydroxyl groups is 1. The van der Waals surface area contributed by atoms with Crippen LogP contribution in [-0.4, -0.2) is 80.2 Å². The third kappa shape index (κ3) is 9.37. The fraction of sp³-hybridized carbons (Fsp3) is 0.500. The Bertz CT molecular complexity index is 1180. The molecule has 0 saturated heterocycles. The second-order valence-electron chi connectivity index (χ2n) is 9.92. The van der Waals surface area contributed by atoms with Gasteiger partial charge < -0.3 is 42.0 Å². The Labute approximate surface area is 225 Å². The number of nitrogens with two attached hydrogens (primary N) is 1. The number of hydrogen-bond acceptors (Lipinski definition) is 7. The number of amides is 3. The number of aromatic amines is 1. The van der Waals surface area contributed by atoms with Crippen LogP contribution in [0.4, 0.5) is 0 Å². The molecule has 13 heteroatoms. The average molecular weight is 548 g/mol. The summed E-state index contributed by atoms with van der Waals surface area (Å²) in [5, 5.41) is 36.6. The molecule has 0 aliphatic rings. The van der Waals surface area contributed by atoms with E-state index in [1.807, 2.05) is 24.3 Å². The van der Waals surface area contributed by atoms with Crippen molar-refractivity contribution in [3.05, 3.63) is 36.0 Å². The highest BCUT2D eigenvalue weighted by Crippen LogP contribution is 2.19. The van der Waals surface area contributed by atoms with Crippen LogP contribution >= 0.6 is 0 Å². The lowest BCUT2D eigenvalue weighted by molar-refractivity contribution is -0.143. The molecule has 3 amide bonds. The van der Waals surface area contributed by atoms with E-state index < -0.39 is 66.4 Å². The number of benzene rings is 1. The van der Waals surface area contributed by atoms with E-state index >= 15 is 0 Å². The van der Waals surface area contributed by atoms with Crippen molar-refractivity contribution >= 4 is 40.6 Å². The van der Waals surface area contributed by atoms with Crippen molar-refractivity contribution in [2.24, 2.45) is 11.7 Å². The lowest BCUT2D eigenvalue weighted by Crippen LogP contribution is -2.60. The number of carbonyl (C=O) groups excluding carboxylic acids is 3. The van der Waals surface area contributed by atoms with Crippen LogP contribution in [0.5, 0.6) is 0 Å². The highest BCUT2D eigenvalue weighted by Gasteiger charge is 2.33. The predicted octanol–water partition coefficient (Wildman–Crippen LogP) is -0.132. The molecule has 5 atom stereocenters. The van der Waals surface area contributed by atoms with Crippen LogP contribution in [0.25, 0.3) is 10.9 Å².